The van der Waals surface area contributed by atoms with Gasteiger partial charge in [0.1, 0.15) is 0 Å². The highest BCUT2D eigenvalue weighted by Crippen LogP contribution is 2.24. The molecule has 15 heavy (non-hydrogen) atoms. The molecule has 0 aromatic carbocycles. The van der Waals surface area contributed by atoms with Crippen molar-refractivity contribution in [2.75, 3.05) is 6.61 Å². The highest BCUT2D eigenvalue weighted by molar-refractivity contribution is 5.97. The summed E-state index contributed by atoms with van der Waals surface area (Å²) < 4.78 is 5.02. The number of hydrogen-bond acceptors (Lipinski definition) is 3. The molecule has 0 N–H and O–H groups in total. The first-order valence-electron chi connectivity index (χ1n) is 5.17. The Balaban J connectivity index is 4.34. The van der Waals surface area contributed by atoms with Gasteiger partial charge in [-0.3, -0.25) is 9.59 Å². The maximum Gasteiger partial charge on any atom is 0.311 e. The number of carbonyl (C=O) groups is 2. The number of hydrogen-bond donors (Lipinski definition) is 0. The van der Waals surface area contributed by atoms with Crippen LogP contribution in [-0.2, 0) is 14.3 Å². The first-order chi connectivity index (χ1) is 6.81. The largest absolute Gasteiger partial charge is 0.465 e. The van der Waals surface area contributed by atoms with Crippen molar-refractivity contribution < 1.29 is 14.3 Å². The van der Waals surface area contributed by atoms with E-state index in [4.69, 9.17) is 4.74 Å². The van der Waals surface area contributed by atoms with Gasteiger partial charge in [0.05, 0.1) is 12.0 Å². The predicted molar refractivity (Wildman–Crippen MR) is 59.5 cm³/mol. The van der Waals surface area contributed by atoms with Gasteiger partial charge in [-0.15, -0.1) is 0 Å². The first kappa shape index (κ1) is 13.9. The van der Waals surface area contributed by atoms with Crippen molar-refractivity contribution in [1.82, 2.24) is 0 Å². The summed E-state index contributed by atoms with van der Waals surface area (Å²) in [7, 11) is 0. The quantitative estimate of drug-likeness (QED) is 0.502. The fourth-order valence-electron chi connectivity index (χ4n) is 1.01. The summed E-state index contributed by atoms with van der Waals surface area (Å²) in [5, 5.41) is 0. The van der Waals surface area contributed by atoms with E-state index in [9.17, 15) is 9.59 Å². The second kappa shape index (κ2) is 5.69. The third-order valence-electron chi connectivity index (χ3n) is 2.07. The van der Waals surface area contributed by atoms with Crippen LogP contribution >= 0.6 is 0 Å². The van der Waals surface area contributed by atoms with Gasteiger partial charge in [0.25, 0.3) is 0 Å². The van der Waals surface area contributed by atoms with Gasteiger partial charge in [-0.2, -0.15) is 0 Å². The lowest BCUT2D eigenvalue weighted by atomic mass is 9.86. The van der Waals surface area contributed by atoms with Crippen LogP contribution in [0.2, 0.25) is 0 Å². The van der Waals surface area contributed by atoms with E-state index in [0.29, 0.717) is 12.2 Å². The Morgan fingerprint density at radius 2 is 1.87 bits per heavy atom. The van der Waals surface area contributed by atoms with Gasteiger partial charge in [0.15, 0.2) is 5.78 Å². The zero-order chi connectivity index (χ0) is 12.1. The Morgan fingerprint density at radius 1 is 1.33 bits per heavy atom. The number of ketones is 1. The van der Waals surface area contributed by atoms with Crippen LogP contribution in [0.4, 0.5) is 0 Å². The molecule has 0 atom stereocenters. The van der Waals surface area contributed by atoms with Crippen molar-refractivity contribution in [3.8, 4) is 0 Å². The maximum atomic E-state index is 11.6. The summed E-state index contributed by atoms with van der Waals surface area (Å²) >= 11 is 0. The molecule has 0 aliphatic carbocycles. The smallest absolute Gasteiger partial charge is 0.311 e. The highest BCUT2D eigenvalue weighted by atomic mass is 16.5. The lowest BCUT2D eigenvalue weighted by Crippen LogP contribution is -2.29. The van der Waals surface area contributed by atoms with Crippen LogP contribution in [0.1, 0.15) is 40.5 Å². The van der Waals surface area contributed by atoms with Gasteiger partial charge < -0.3 is 4.74 Å². The summed E-state index contributed by atoms with van der Waals surface area (Å²) in [6, 6.07) is 0. The van der Waals surface area contributed by atoms with Gasteiger partial charge in [-0.05, 0) is 32.8 Å². The van der Waals surface area contributed by atoms with Crippen molar-refractivity contribution >= 4 is 11.8 Å². The molecule has 0 bridgehead atoms. The third kappa shape index (κ3) is 4.77. The number of esters is 1. The molecule has 0 heterocycles. The minimum absolute atomic E-state index is 0.0894. The van der Waals surface area contributed by atoms with E-state index in [-0.39, 0.29) is 18.2 Å². The fraction of sp³-hybridized carbons (Fsp3) is 0.667. The van der Waals surface area contributed by atoms with E-state index in [1.165, 1.54) is 0 Å². The topological polar surface area (TPSA) is 43.4 Å². The lowest BCUT2D eigenvalue weighted by molar-refractivity contribution is -0.155. The van der Waals surface area contributed by atoms with Crippen molar-refractivity contribution in [3.63, 3.8) is 0 Å². The van der Waals surface area contributed by atoms with E-state index >= 15 is 0 Å². The van der Waals surface area contributed by atoms with Crippen molar-refractivity contribution in [1.29, 1.82) is 0 Å². The Hall–Kier alpha value is -1.12. The molecule has 0 saturated heterocycles. The molecule has 0 saturated carbocycles. The molecule has 0 unspecified atom stereocenters. The summed E-state index contributed by atoms with van der Waals surface area (Å²) in [4.78, 5) is 23.0. The molecule has 0 amide bonds. The van der Waals surface area contributed by atoms with E-state index in [0.717, 1.165) is 6.42 Å². The number of ether oxygens (including phenoxy) is 1. The lowest BCUT2D eigenvalue weighted by Gasteiger charge is -2.21. The molecule has 3 heteroatoms. The Bertz CT molecular complexity index is 264. The van der Waals surface area contributed by atoms with E-state index < -0.39 is 5.41 Å². The molecule has 0 aromatic rings. The number of Topliss-reactive ketones (excluding diaryl/α,β-unsaturated/α-hetero) is 1. The van der Waals surface area contributed by atoms with Gasteiger partial charge in [0, 0.05) is 6.42 Å². The van der Waals surface area contributed by atoms with E-state index in [1.54, 1.807) is 20.8 Å². The van der Waals surface area contributed by atoms with Crippen LogP contribution in [-0.4, -0.2) is 18.4 Å². The van der Waals surface area contributed by atoms with Crippen LogP contribution < -0.4 is 0 Å². The minimum atomic E-state index is -0.759. The van der Waals surface area contributed by atoms with Crippen LogP contribution in [0.15, 0.2) is 12.2 Å². The van der Waals surface area contributed by atoms with Crippen molar-refractivity contribution in [2.24, 2.45) is 5.41 Å². The van der Waals surface area contributed by atoms with Crippen LogP contribution in [0.3, 0.4) is 0 Å². The second-order valence-electron chi connectivity index (χ2n) is 4.40. The molecule has 0 radical (unpaired) electrons. The SMILES string of the molecule is C=C(C)C(=O)CC(C)(C)C(=O)OCCC. The van der Waals surface area contributed by atoms with Gasteiger partial charge >= 0.3 is 5.97 Å². The molecule has 0 aliphatic heterocycles. The van der Waals surface area contributed by atoms with Crippen LogP contribution in [0.5, 0.6) is 0 Å². The van der Waals surface area contributed by atoms with Crippen LogP contribution in [0, 0.1) is 5.41 Å². The minimum Gasteiger partial charge on any atom is -0.465 e. The van der Waals surface area contributed by atoms with Gasteiger partial charge in [-0.1, -0.05) is 13.5 Å². The molecule has 0 rings (SSSR count). The van der Waals surface area contributed by atoms with Gasteiger partial charge in [-0.25, -0.2) is 0 Å². The Labute approximate surface area is 91.5 Å². The number of allylic oxidation sites excluding steroid dienone is 1. The normalized spacial score (nSPS) is 10.9. The molecule has 0 aliphatic rings. The Kier molecular flexibility index (Phi) is 5.26. The molecule has 0 spiro atoms. The fourth-order valence-corrected chi connectivity index (χ4v) is 1.01. The summed E-state index contributed by atoms with van der Waals surface area (Å²) in [5.74, 6) is -0.410. The predicted octanol–water partition coefficient (Wildman–Crippen LogP) is 2.50. The standard InChI is InChI=1S/C12H20O3/c1-6-7-15-11(14)12(4,5)8-10(13)9(2)3/h2,6-8H2,1,3-5H3. The summed E-state index contributed by atoms with van der Waals surface area (Å²) in [5.41, 5.74) is -0.281. The maximum absolute atomic E-state index is 11.6. The average Bonchev–Trinajstić information content (AvgIpc) is 2.13. The summed E-state index contributed by atoms with van der Waals surface area (Å²) in [6.45, 7) is 11.0. The zero-order valence-electron chi connectivity index (χ0n) is 10.1. The Morgan fingerprint density at radius 3 is 2.27 bits per heavy atom. The second-order valence-corrected chi connectivity index (χ2v) is 4.40. The number of carbonyl (C=O) groups excluding carboxylic acids is 2. The summed E-state index contributed by atoms with van der Waals surface area (Å²) in [6.07, 6.45) is 0.946. The number of rotatable bonds is 6. The van der Waals surface area contributed by atoms with Gasteiger partial charge in [0.2, 0.25) is 0 Å². The van der Waals surface area contributed by atoms with E-state index in [1.807, 2.05) is 6.92 Å². The molecular weight excluding hydrogens is 192 g/mol. The molecular formula is C12H20O3. The first-order valence-corrected chi connectivity index (χ1v) is 5.17. The molecule has 3 nitrogen and oxygen atoms in total. The van der Waals surface area contributed by atoms with Crippen LogP contribution in [0.25, 0.3) is 0 Å². The molecule has 0 fully saturated rings. The third-order valence-corrected chi connectivity index (χ3v) is 2.07. The molecule has 0 aromatic heterocycles. The van der Waals surface area contributed by atoms with Crippen molar-refractivity contribution in [2.45, 2.75) is 40.5 Å². The molecule has 86 valence electrons. The average molecular weight is 212 g/mol. The monoisotopic (exact) mass is 212 g/mol. The van der Waals surface area contributed by atoms with E-state index in [2.05, 4.69) is 6.58 Å². The van der Waals surface area contributed by atoms with Crippen molar-refractivity contribution in [3.05, 3.63) is 12.2 Å². The highest BCUT2D eigenvalue weighted by Gasteiger charge is 2.31. The zero-order valence-corrected chi connectivity index (χ0v) is 10.1.